The van der Waals surface area contributed by atoms with E-state index >= 15 is 0 Å². The van der Waals surface area contributed by atoms with Crippen molar-refractivity contribution in [2.45, 2.75) is 25.9 Å². The van der Waals surface area contributed by atoms with Gasteiger partial charge in [0.25, 0.3) is 0 Å². The molecule has 2 rings (SSSR count). The first-order valence-corrected chi connectivity index (χ1v) is 6.30. The van der Waals surface area contributed by atoms with Gasteiger partial charge in [-0.05, 0) is 31.9 Å². The Labute approximate surface area is 107 Å². The Morgan fingerprint density at radius 1 is 1.44 bits per heavy atom. The lowest BCUT2D eigenvalue weighted by atomic mass is 10.2. The van der Waals surface area contributed by atoms with Gasteiger partial charge in [-0.3, -0.25) is 4.79 Å². The Bertz CT molecular complexity index is 396. The molecule has 1 heterocycles. The minimum atomic E-state index is -0.812. The molecule has 0 aliphatic carbocycles. The molecule has 1 aromatic carbocycles. The third-order valence-electron chi connectivity index (χ3n) is 3.17. The second-order valence-electron chi connectivity index (χ2n) is 4.74. The third-order valence-corrected chi connectivity index (χ3v) is 3.17. The molecule has 18 heavy (non-hydrogen) atoms. The van der Waals surface area contributed by atoms with E-state index in [0.29, 0.717) is 6.54 Å². The van der Waals surface area contributed by atoms with E-state index in [2.05, 4.69) is 0 Å². The van der Waals surface area contributed by atoms with Crippen LogP contribution in [0.25, 0.3) is 0 Å². The van der Waals surface area contributed by atoms with Crippen molar-refractivity contribution in [3.05, 3.63) is 29.8 Å². The third kappa shape index (κ3) is 3.47. The number of carboxylic acid groups (broad SMARTS) is 1. The van der Waals surface area contributed by atoms with Crippen molar-refractivity contribution in [3.8, 4) is 0 Å². The summed E-state index contributed by atoms with van der Waals surface area (Å²) in [6, 6.07) is 7.93. The largest absolute Gasteiger partial charge is 0.480 e. The first-order valence-electron chi connectivity index (χ1n) is 6.30. The smallest absolute Gasteiger partial charge is 0.323 e. The van der Waals surface area contributed by atoms with Crippen molar-refractivity contribution < 1.29 is 14.6 Å². The molecular formula is C14H19NO3. The van der Waals surface area contributed by atoms with Crippen molar-refractivity contribution in [3.63, 3.8) is 0 Å². The topological polar surface area (TPSA) is 49.8 Å². The normalized spacial score (nSPS) is 18.8. The fourth-order valence-electron chi connectivity index (χ4n) is 2.21. The van der Waals surface area contributed by atoms with Crippen LogP contribution in [0, 0.1) is 6.92 Å². The van der Waals surface area contributed by atoms with Crippen LogP contribution in [0.4, 0.5) is 5.69 Å². The zero-order chi connectivity index (χ0) is 13.0. The van der Waals surface area contributed by atoms with Crippen LogP contribution in [-0.2, 0) is 9.53 Å². The second kappa shape index (κ2) is 5.87. The van der Waals surface area contributed by atoms with Gasteiger partial charge in [-0.2, -0.15) is 0 Å². The van der Waals surface area contributed by atoms with E-state index in [9.17, 15) is 4.79 Å². The molecule has 1 N–H and O–H groups in total. The van der Waals surface area contributed by atoms with Gasteiger partial charge < -0.3 is 14.7 Å². The summed E-state index contributed by atoms with van der Waals surface area (Å²) >= 11 is 0. The first-order chi connectivity index (χ1) is 8.65. The SMILES string of the molecule is Cc1ccc(N(CC(=O)O)CC2CCCO2)cc1. The molecule has 4 nitrogen and oxygen atoms in total. The van der Waals surface area contributed by atoms with Gasteiger partial charge in [-0.1, -0.05) is 17.7 Å². The maximum absolute atomic E-state index is 10.9. The average molecular weight is 249 g/mol. The molecule has 0 spiro atoms. The number of ether oxygens (including phenoxy) is 1. The highest BCUT2D eigenvalue weighted by molar-refractivity contribution is 5.73. The van der Waals surface area contributed by atoms with Crippen molar-refractivity contribution in [2.75, 3.05) is 24.6 Å². The Balaban J connectivity index is 2.07. The number of rotatable bonds is 5. The van der Waals surface area contributed by atoms with Crippen LogP contribution in [-0.4, -0.2) is 36.9 Å². The molecule has 1 atom stereocenters. The van der Waals surface area contributed by atoms with E-state index in [1.807, 2.05) is 36.1 Å². The number of carboxylic acids is 1. The molecular weight excluding hydrogens is 230 g/mol. The standard InChI is InChI=1S/C14H19NO3/c1-11-4-6-12(7-5-11)15(10-14(16)17)9-13-3-2-8-18-13/h4-7,13H,2-3,8-10H2,1H3,(H,16,17). The van der Waals surface area contributed by atoms with Crippen molar-refractivity contribution in [2.24, 2.45) is 0 Å². The average Bonchev–Trinajstić information content (AvgIpc) is 2.81. The van der Waals surface area contributed by atoms with Crippen molar-refractivity contribution in [1.82, 2.24) is 0 Å². The monoisotopic (exact) mass is 249 g/mol. The van der Waals surface area contributed by atoms with Crippen LogP contribution < -0.4 is 4.90 Å². The van der Waals surface area contributed by atoms with Crippen LogP contribution in [0.3, 0.4) is 0 Å². The number of benzene rings is 1. The molecule has 1 unspecified atom stereocenters. The molecule has 0 amide bonds. The number of hydrogen-bond donors (Lipinski definition) is 1. The highest BCUT2D eigenvalue weighted by atomic mass is 16.5. The molecule has 0 aromatic heterocycles. The predicted molar refractivity (Wildman–Crippen MR) is 70.0 cm³/mol. The molecule has 1 saturated heterocycles. The summed E-state index contributed by atoms with van der Waals surface area (Å²) in [5.41, 5.74) is 2.12. The molecule has 0 radical (unpaired) electrons. The summed E-state index contributed by atoms with van der Waals surface area (Å²) in [6.07, 6.45) is 2.24. The van der Waals surface area contributed by atoms with Crippen LogP contribution in [0.15, 0.2) is 24.3 Å². The predicted octanol–water partition coefficient (Wildman–Crippen LogP) is 2.07. The zero-order valence-electron chi connectivity index (χ0n) is 10.6. The van der Waals surface area contributed by atoms with E-state index in [1.165, 1.54) is 5.56 Å². The lowest BCUT2D eigenvalue weighted by Crippen LogP contribution is -2.36. The van der Waals surface area contributed by atoms with Crippen LogP contribution in [0.2, 0.25) is 0 Å². The van der Waals surface area contributed by atoms with Crippen molar-refractivity contribution >= 4 is 11.7 Å². The second-order valence-corrected chi connectivity index (χ2v) is 4.74. The molecule has 4 heteroatoms. The number of anilines is 1. The van der Waals surface area contributed by atoms with Gasteiger partial charge in [0.2, 0.25) is 0 Å². The van der Waals surface area contributed by atoms with E-state index in [-0.39, 0.29) is 12.6 Å². The van der Waals surface area contributed by atoms with E-state index in [4.69, 9.17) is 9.84 Å². The Morgan fingerprint density at radius 3 is 2.72 bits per heavy atom. The highest BCUT2D eigenvalue weighted by Gasteiger charge is 2.20. The molecule has 1 fully saturated rings. The lowest BCUT2D eigenvalue weighted by Gasteiger charge is -2.25. The maximum Gasteiger partial charge on any atom is 0.323 e. The van der Waals surface area contributed by atoms with Gasteiger partial charge in [-0.25, -0.2) is 0 Å². The summed E-state index contributed by atoms with van der Waals surface area (Å²) in [7, 11) is 0. The summed E-state index contributed by atoms with van der Waals surface area (Å²) in [5, 5.41) is 8.99. The molecule has 1 aromatic rings. The van der Waals surface area contributed by atoms with Gasteiger partial charge in [0, 0.05) is 18.8 Å². The summed E-state index contributed by atoms with van der Waals surface area (Å²) < 4.78 is 5.58. The van der Waals surface area contributed by atoms with Gasteiger partial charge in [0.05, 0.1) is 6.10 Å². The summed E-state index contributed by atoms with van der Waals surface area (Å²) in [6.45, 7) is 3.48. The molecule has 98 valence electrons. The highest BCUT2D eigenvalue weighted by Crippen LogP contribution is 2.19. The van der Waals surface area contributed by atoms with Gasteiger partial charge in [-0.15, -0.1) is 0 Å². The van der Waals surface area contributed by atoms with Gasteiger partial charge in [0.1, 0.15) is 6.54 Å². The Hall–Kier alpha value is -1.55. The Morgan fingerprint density at radius 2 is 2.17 bits per heavy atom. The van der Waals surface area contributed by atoms with Crippen molar-refractivity contribution in [1.29, 1.82) is 0 Å². The molecule has 1 aliphatic heterocycles. The van der Waals surface area contributed by atoms with Gasteiger partial charge >= 0.3 is 5.97 Å². The minimum absolute atomic E-state index is 0.0168. The maximum atomic E-state index is 10.9. The molecule has 0 bridgehead atoms. The quantitative estimate of drug-likeness (QED) is 0.868. The number of aliphatic carboxylic acids is 1. The van der Waals surface area contributed by atoms with E-state index in [0.717, 1.165) is 25.1 Å². The number of aryl methyl sites for hydroxylation is 1. The van der Waals surface area contributed by atoms with E-state index < -0.39 is 5.97 Å². The summed E-state index contributed by atoms with van der Waals surface area (Å²) in [5.74, 6) is -0.812. The number of carbonyl (C=O) groups is 1. The number of nitrogens with zero attached hydrogens (tertiary/aromatic N) is 1. The lowest BCUT2D eigenvalue weighted by molar-refractivity contribution is -0.135. The van der Waals surface area contributed by atoms with Crippen LogP contribution in [0.1, 0.15) is 18.4 Å². The zero-order valence-corrected chi connectivity index (χ0v) is 10.6. The molecule has 1 aliphatic rings. The van der Waals surface area contributed by atoms with E-state index in [1.54, 1.807) is 0 Å². The molecule has 0 saturated carbocycles. The summed E-state index contributed by atoms with van der Waals surface area (Å²) in [4.78, 5) is 12.8. The van der Waals surface area contributed by atoms with Crippen LogP contribution in [0.5, 0.6) is 0 Å². The van der Waals surface area contributed by atoms with Gasteiger partial charge in [0.15, 0.2) is 0 Å². The minimum Gasteiger partial charge on any atom is -0.480 e. The first kappa shape index (κ1) is 12.9. The Kier molecular flexibility index (Phi) is 4.20. The number of hydrogen-bond acceptors (Lipinski definition) is 3. The fourth-order valence-corrected chi connectivity index (χ4v) is 2.21. The van der Waals surface area contributed by atoms with Crippen LogP contribution >= 0.6 is 0 Å². The fraction of sp³-hybridized carbons (Fsp3) is 0.500.